The Bertz CT molecular complexity index is 1110. The van der Waals surface area contributed by atoms with Crippen molar-refractivity contribution in [2.24, 2.45) is 17.8 Å². The van der Waals surface area contributed by atoms with Crippen molar-refractivity contribution < 1.29 is 62.7 Å². The lowest BCUT2D eigenvalue weighted by Gasteiger charge is -2.27. The van der Waals surface area contributed by atoms with Crippen LogP contribution in [0.25, 0.3) is 0 Å². The fraction of sp³-hybridized carbons (Fsp3) is 0.811. The molecule has 53 heavy (non-hydrogen) atoms. The molecule has 304 valence electrons. The van der Waals surface area contributed by atoms with E-state index in [4.69, 9.17) is 18.9 Å². The lowest BCUT2D eigenvalue weighted by Crippen LogP contribution is -2.42. The number of ether oxygens (including phenoxy) is 4. The first-order valence-electron chi connectivity index (χ1n) is 19.1. The molecule has 0 heterocycles. The number of hydrogen-bond acceptors (Lipinski definition) is 11. The molecule has 0 radical (unpaired) electrons. The van der Waals surface area contributed by atoms with Gasteiger partial charge in [-0.3, -0.25) is 28.8 Å². The summed E-state index contributed by atoms with van der Waals surface area (Å²) in [5.41, 5.74) is 0. The quantitative estimate of drug-likeness (QED) is 0.0607. The zero-order valence-electron chi connectivity index (χ0n) is 31.7. The van der Waals surface area contributed by atoms with Crippen molar-refractivity contribution in [2.45, 2.75) is 110 Å². The fourth-order valence-corrected chi connectivity index (χ4v) is 5.83. The van der Waals surface area contributed by atoms with Crippen LogP contribution in [0.3, 0.4) is 0 Å². The average molecular weight is 758 g/mol. The molecule has 0 aliphatic heterocycles. The van der Waals surface area contributed by atoms with Crippen molar-refractivity contribution in [3.8, 4) is 0 Å². The first-order chi connectivity index (χ1) is 25.5. The highest BCUT2D eigenvalue weighted by atomic mass is 16.5. The molecule has 1 saturated carbocycles. The summed E-state index contributed by atoms with van der Waals surface area (Å²) < 4.78 is 21.4. The SMILES string of the molecule is CCC(=O)NCCCCC(NC(=O)COCCOCCCC(=O)COCCOCCNC(=O)CCC(CC(=O)C1CCC(CC)CC1)C(=O)O)C(=O)O. The molecule has 16 nitrogen and oxygen atoms in total. The summed E-state index contributed by atoms with van der Waals surface area (Å²) >= 11 is 0. The van der Waals surface area contributed by atoms with Gasteiger partial charge in [0.15, 0.2) is 5.78 Å². The summed E-state index contributed by atoms with van der Waals surface area (Å²) in [4.78, 5) is 83.2. The van der Waals surface area contributed by atoms with Crippen LogP contribution in [0.15, 0.2) is 0 Å². The van der Waals surface area contributed by atoms with Crippen LogP contribution >= 0.6 is 0 Å². The molecule has 16 heteroatoms. The summed E-state index contributed by atoms with van der Waals surface area (Å²) in [5, 5.41) is 26.7. The highest BCUT2D eigenvalue weighted by Gasteiger charge is 2.29. The maximum Gasteiger partial charge on any atom is 0.326 e. The van der Waals surface area contributed by atoms with Crippen LogP contribution in [0.4, 0.5) is 0 Å². The second-order valence-corrected chi connectivity index (χ2v) is 13.3. The number of unbranched alkanes of at least 4 members (excludes halogenated alkanes) is 1. The molecule has 1 aliphatic carbocycles. The van der Waals surface area contributed by atoms with E-state index in [0.717, 1.165) is 32.1 Å². The van der Waals surface area contributed by atoms with Gasteiger partial charge in [-0.15, -0.1) is 0 Å². The third-order valence-corrected chi connectivity index (χ3v) is 9.15. The zero-order chi connectivity index (χ0) is 39.3. The molecule has 0 saturated heterocycles. The predicted molar refractivity (Wildman–Crippen MR) is 193 cm³/mol. The Hall–Kier alpha value is -3.47. The summed E-state index contributed by atoms with van der Waals surface area (Å²) in [6.45, 7) is 5.48. The Labute approximate surface area is 313 Å². The number of hydrogen-bond donors (Lipinski definition) is 5. The largest absolute Gasteiger partial charge is 0.481 e. The second kappa shape index (κ2) is 29.9. The monoisotopic (exact) mass is 757 g/mol. The van der Waals surface area contributed by atoms with E-state index in [1.807, 2.05) is 0 Å². The number of carboxylic acids is 2. The fourth-order valence-electron chi connectivity index (χ4n) is 5.83. The number of ketones is 2. The number of rotatable bonds is 33. The number of aliphatic carboxylic acids is 2. The lowest BCUT2D eigenvalue weighted by atomic mass is 9.77. The van der Waals surface area contributed by atoms with Gasteiger partial charge in [-0.25, -0.2) is 4.79 Å². The van der Waals surface area contributed by atoms with Crippen LogP contribution in [0.5, 0.6) is 0 Å². The van der Waals surface area contributed by atoms with Gasteiger partial charge in [-0.05, 0) is 63.7 Å². The van der Waals surface area contributed by atoms with E-state index in [0.29, 0.717) is 44.8 Å². The average Bonchev–Trinajstić information content (AvgIpc) is 3.14. The highest BCUT2D eigenvalue weighted by molar-refractivity contribution is 5.86. The van der Waals surface area contributed by atoms with E-state index in [9.17, 15) is 43.8 Å². The molecule has 1 fully saturated rings. The van der Waals surface area contributed by atoms with E-state index < -0.39 is 29.8 Å². The molecule has 3 amide bonds. The van der Waals surface area contributed by atoms with Crippen molar-refractivity contribution in [3.05, 3.63) is 0 Å². The van der Waals surface area contributed by atoms with E-state index in [2.05, 4.69) is 22.9 Å². The Kier molecular flexibility index (Phi) is 26.8. The van der Waals surface area contributed by atoms with Gasteiger partial charge in [0.25, 0.3) is 0 Å². The molecule has 1 aliphatic rings. The van der Waals surface area contributed by atoms with Gasteiger partial charge in [-0.2, -0.15) is 0 Å². The number of amides is 3. The Morgan fingerprint density at radius 1 is 0.642 bits per heavy atom. The molecular formula is C37H63N3O13. The van der Waals surface area contributed by atoms with Crippen LogP contribution in [-0.2, 0) is 52.5 Å². The zero-order valence-corrected chi connectivity index (χ0v) is 31.7. The normalized spacial score (nSPS) is 16.6. The highest BCUT2D eigenvalue weighted by Crippen LogP contribution is 2.32. The molecule has 0 aromatic heterocycles. The molecule has 5 N–H and O–H groups in total. The number of carbonyl (C=O) groups is 7. The van der Waals surface area contributed by atoms with E-state index in [1.165, 1.54) is 0 Å². The van der Waals surface area contributed by atoms with Crippen molar-refractivity contribution in [2.75, 3.05) is 65.9 Å². The van der Waals surface area contributed by atoms with Gasteiger partial charge in [0, 0.05) is 51.3 Å². The Morgan fingerprint density at radius 3 is 1.92 bits per heavy atom. The summed E-state index contributed by atoms with van der Waals surface area (Å²) in [6, 6.07) is -1.04. The number of carbonyl (C=O) groups excluding carboxylic acids is 5. The van der Waals surface area contributed by atoms with Gasteiger partial charge < -0.3 is 45.1 Å². The van der Waals surface area contributed by atoms with Gasteiger partial charge in [0.1, 0.15) is 25.0 Å². The number of nitrogens with one attached hydrogen (secondary N) is 3. The summed E-state index contributed by atoms with van der Waals surface area (Å²) in [7, 11) is 0. The van der Waals surface area contributed by atoms with Crippen LogP contribution < -0.4 is 16.0 Å². The molecule has 0 bridgehead atoms. The number of carboxylic acid groups (broad SMARTS) is 2. The smallest absolute Gasteiger partial charge is 0.326 e. The van der Waals surface area contributed by atoms with Gasteiger partial charge in [0.05, 0.1) is 39.0 Å². The number of Topliss-reactive ketones (excluding diaryl/α,β-unsaturated/α-hetero) is 2. The van der Waals surface area contributed by atoms with Crippen LogP contribution in [0.1, 0.15) is 104 Å². The summed E-state index contributed by atoms with van der Waals surface area (Å²) in [6.07, 6.45) is 7.32. The van der Waals surface area contributed by atoms with Crippen molar-refractivity contribution in [1.82, 2.24) is 16.0 Å². The standard InChI is InChI=1S/C37H63N3O13/c1-3-27-10-12-28(13-11-27)32(42)24-29(36(46)47)14-15-34(44)39-17-19-51-21-22-52-25-30(41)8-7-18-50-20-23-53-26-35(45)40-31(37(48)49)9-5-6-16-38-33(43)4-2/h27-29,31H,3-26H2,1-2H3,(H,38,43)(H,39,44)(H,40,45)(H,46,47)(H,48,49). The molecule has 0 spiro atoms. The maximum atomic E-state index is 12.7. The van der Waals surface area contributed by atoms with Gasteiger partial charge in [0.2, 0.25) is 17.7 Å². The molecule has 1 rings (SSSR count). The predicted octanol–water partition coefficient (Wildman–Crippen LogP) is 2.44. The minimum Gasteiger partial charge on any atom is -0.481 e. The van der Waals surface area contributed by atoms with Gasteiger partial charge in [-0.1, -0.05) is 20.3 Å². The Morgan fingerprint density at radius 2 is 1.28 bits per heavy atom. The molecule has 2 atom stereocenters. The molecule has 2 unspecified atom stereocenters. The third-order valence-electron chi connectivity index (χ3n) is 9.15. The van der Waals surface area contributed by atoms with E-state index >= 15 is 0 Å². The summed E-state index contributed by atoms with van der Waals surface area (Å²) in [5.74, 6) is -3.51. The minimum atomic E-state index is -1.14. The minimum absolute atomic E-state index is 0.00579. The first-order valence-corrected chi connectivity index (χ1v) is 19.1. The molecule has 0 aromatic carbocycles. The van der Waals surface area contributed by atoms with Crippen molar-refractivity contribution in [3.63, 3.8) is 0 Å². The van der Waals surface area contributed by atoms with Crippen LogP contribution in [0, 0.1) is 17.8 Å². The first kappa shape index (κ1) is 47.6. The Balaban J connectivity index is 1.99. The third kappa shape index (κ3) is 24.5. The lowest BCUT2D eigenvalue weighted by molar-refractivity contribution is -0.145. The second-order valence-electron chi connectivity index (χ2n) is 13.3. The van der Waals surface area contributed by atoms with Gasteiger partial charge >= 0.3 is 11.9 Å². The van der Waals surface area contributed by atoms with Crippen molar-refractivity contribution >= 4 is 41.2 Å². The van der Waals surface area contributed by atoms with Crippen LogP contribution in [0.2, 0.25) is 0 Å². The van der Waals surface area contributed by atoms with Crippen molar-refractivity contribution in [1.29, 1.82) is 0 Å². The van der Waals surface area contributed by atoms with E-state index in [1.54, 1.807) is 6.92 Å². The van der Waals surface area contributed by atoms with E-state index in [-0.39, 0.29) is 114 Å². The maximum absolute atomic E-state index is 12.7. The van der Waals surface area contributed by atoms with Crippen LogP contribution in [-0.4, -0.2) is 123 Å². The molecular weight excluding hydrogens is 694 g/mol. The topological polar surface area (TPSA) is 233 Å². The molecule has 0 aromatic rings.